The van der Waals surface area contributed by atoms with Crippen molar-refractivity contribution in [3.05, 3.63) is 83.4 Å². The number of likely N-dealkylation sites (N-methyl/N-ethyl adjacent to an activating group) is 1. The lowest BCUT2D eigenvalue weighted by Gasteiger charge is -2.18. The Labute approximate surface area is 199 Å². The Balaban J connectivity index is 1.55. The number of ether oxygens (including phenoxy) is 3. The molecular weight excluding hydrogens is 430 g/mol. The predicted octanol–water partition coefficient (Wildman–Crippen LogP) is 4.45. The van der Waals surface area contributed by atoms with Gasteiger partial charge in [-0.05, 0) is 90.0 Å². The summed E-state index contributed by atoms with van der Waals surface area (Å²) in [6.07, 6.45) is 1.70. The van der Waals surface area contributed by atoms with E-state index in [1.165, 1.54) is 5.57 Å². The third-order valence-corrected chi connectivity index (χ3v) is 6.12. The Bertz CT molecular complexity index is 1170. The Morgan fingerprint density at radius 1 is 0.941 bits per heavy atom. The van der Waals surface area contributed by atoms with Crippen LogP contribution < -0.4 is 19.5 Å². The number of hydrogen-bond donors (Lipinski definition) is 3. The summed E-state index contributed by atoms with van der Waals surface area (Å²) < 4.78 is 16.9. The van der Waals surface area contributed by atoms with Gasteiger partial charge in [0, 0.05) is 6.54 Å². The van der Waals surface area contributed by atoms with Crippen molar-refractivity contribution >= 4 is 11.1 Å². The summed E-state index contributed by atoms with van der Waals surface area (Å²) in [6.45, 7) is 0.952. The van der Waals surface area contributed by atoms with Gasteiger partial charge in [-0.1, -0.05) is 30.3 Å². The molecule has 176 valence electrons. The van der Waals surface area contributed by atoms with Crippen LogP contribution in [0.1, 0.15) is 29.5 Å². The minimum Gasteiger partial charge on any atom is -0.508 e. The fraction of sp³-hybridized carbons (Fsp3) is 0.286. The molecule has 1 atom stereocenters. The standard InChI is InChI=1S/C28H29NO5/c1-29-15-23(31)16-32-24-11-6-20(7-12-24)27(19-4-9-22(30)10-5-19)28(18-2-3-18)21-8-13-25-26(14-21)34-17-33-25/h4-14,18,23,29-31H,2-3,15-17H2,1H3. The van der Waals surface area contributed by atoms with Gasteiger partial charge in [0.1, 0.15) is 24.2 Å². The van der Waals surface area contributed by atoms with Gasteiger partial charge >= 0.3 is 0 Å². The van der Waals surface area contributed by atoms with Crippen LogP contribution in [0.5, 0.6) is 23.0 Å². The maximum atomic E-state index is 9.92. The summed E-state index contributed by atoms with van der Waals surface area (Å²) in [5.74, 6) is 2.94. The first-order chi connectivity index (χ1) is 16.6. The Hall–Kier alpha value is -3.48. The van der Waals surface area contributed by atoms with Crippen LogP contribution in [0.4, 0.5) is 0 Å². The molecule has 6 heteroatoms. The lowest BCUT2D eigenvalue weighted by molar-refractivity contribution is 0.108. The van der Waals surface area contributed by atoms with Crippen LogP contribution in [0.15, 0.2) is 66.7 Å². The number of allylic oxidation sites excluding steroid dienone is 1. The fourth-order valence-electron chi connectivity index (χ4n) is 4.33. The van der Waals surface area contributed by atoms with Crippen LogP contribution in [0.25, 0.3) is 11.1 Å². The molecule has 0 bridgehead atoms. The zero-order valence-corrected chi connectivity index (χ0v) is 19.2. The lowest BCUT2D eigenvalue weighted by atomic mass is 9.87. The average Bonchev–Trinajstić information content (AvgIpc) is 3.58. The molecule has 0 spiro atoms. The molecule has 5 rings (SSSR count). The van der Waals surface area contributed by atoms with Gasteiger partial charge < -0.3 is 29.7 Å². The van der Waals surface area contributed by atoms with Crippen molar-refractivity contribution < 1.29 is 24.4 Å². The van der Waals surface area contributed by atoms with Crippen molar-refractivity contribution in [2.24, 2.45) is 5.92 Å². The molecular formula is C28H29NO5. The minimum atomic E-state index is -0.565. The molecule has 0 radical (unpaired) electrons. The number of aliphatic hydroxyl groups is 1. The van der Waals surface area contributed by atoms with Gasteiger partial charge in [-0.2, -0.15) is 0 Å². The van der Waals surface area contributed by atoms with Gasteiger partial charge in [-0.3, -0.25) is 0 Å². The van der Waals surface area contributed by atoms with E-state index in [1.807, 2.05) is 30.3 Å². The molecule has 1 aliphatic heterocycles. The van der Waals surface area contributed by atoms with Crippen molar-refractivity contribution in [1.82, 2.24) is 5.32 Å². The third-order valence-electron chi connectivity index (χ3n) is 6.12. The van der Waals surface area contributed by atoms with Crippen LogP contribution in [-0.2, 0) is 0 Å². The molecule has 1 saturated carbocycles. The van der Waals surface area contributed by atoms with E-state index >= 15 is 0 Å². The van der Waals surface area contributed by atoms with E-state index in [9.17, 15) is 10.2 Å². The topological polar surface area (TPSA) is 80.2 Å². The molecule has 3 aromatic rings. The lowest BCUT2D eigenvalue weighted by Crippen LogP contribution is -2.29. The summed E-state index contributed by atoms with van der Waals surface area (Å²) in [5, 5.41) is 22.7. The highest BCUT2D eigenvalue weighted by atomic mass is 16.7. The van der Waals surface area contributed by atoms with Gasteiger partial charge in [0.05, 0.1) is 0 Å². The molecule has 0 saturated heterocycles. The summed E-state index contributed by atoms with van der Waals surface area (Å²) in [5.41, 5.74) is 5.61. The van der Waals surface area contributed by atoms with E-state index in [0.29, 0.717) is 18.2 Å². The maximum absolute atomic E-state index is 9.92. The predicted molar refractivity (Wildman–Crippen MR) is 131 cm³/mol. The summed E-state index contributed by atoms with van der Waals surface area (Å²) in [7, 11) is 1.80. The molecule has 1 aliphatic carbocycles. The van der Waals surface area contributed by atoms with E-state index in [0.717, 1.165) is 46.6 Å². The molecule has 1 unspecified atom stereocenters. The Morgan fingerprint density at radius 3 is 2.26 bits per heavy atom. The number of nitrogens with one attached hydrogen (secondary N) is 1. The highest BCUT2D eigenvalue weighted by molar-refractivity contribution is 6.00. The number of aromatic hydroxyl groups is 1. The zero-order valence-electron chi connectivity index (χ0n) is 19.2. The summed E-state index contributed by atoms with van der Waals surface area (Å²) in [4.78, 5) is 0. The number of fused-ring (bicyclic) bond motifs is 1. The van der Waals surface area contributed by atoms with Crippen molar-refractivity contribution in [3.63, 3.8) is 0 Å². The number of rotatable bonds is 9. The first-order valence-electron chi connectivity index (χ1n) is 11.6. The summed E-state index contributed by atoms with van der Waals surface area (Å²) in [6, 6.07) is 21.5. The van der Waals surface area contributed by atoms with E-state index < -0.39 is 6.10 Å². The summed E-state index contributed by atoms with van der Waals surface area (Å²) >= 11 is 0. The molecule has 2 aliphatic rings. The molecule has 34 heavy (non-hydrogen) atoms. The zero-order chi connectivity index (χ0) is 23.5. The number of hydrogen-bond acceptors (Lipinski definition) is 6. The van der Waals surface area contributed by atoms with Crippen molar-refractivity contribution in [1.29, 1.82) is 0 Å². The van der Waals surface area contributed by atoms with Crippen molar-refractivity contribution in [2.75, 3.05) is 27.0 Å². The number of phenolic OH excluding ortho intramolecular Hbond substituents is 1. The highest BCUT2D eigenvalue weighted by Crippen LogP contribution is 2.49. The van der Waals surface area contributed by atoms with Gasteiger partial charge in [0.25, 0.3) is 0 Å². The molecule has 6 nitrogen and oxygen atoms in total. The van der Waals surface area contributed by atoms with E-state index in [1.54, 1.807) is 19.2 Å². The minimum absolute atomic E-state index is 0.228. The molecule has 1 heterocycles. The first kappa shape index (κ1) is 22.3. The number of phenols is 1. The Morgan fingerprint density at radius 2 is 1.59 bits per heavy atom. The molecule has 3 N–H and O–H groups in total. The van der Waals surface area contributed by atoms with E-state index in [4.69, 9.17) is 14.2 Å². The molecule has 0 amide bonds. The van der Waals surface area contributed by atoms with Crippen LogP contribution in [0.3, 0.4) is 0 Å². The highest BCUT2D eigenvalue weighted by Gasteiger charge is 2.31. The molecule has 1 fully saturated rings. The van der Waals surface area contributed by atoms with Crippen molar-refractivity contribution in [2.45, 2.75) is 18.9 Å². The quantitative estimate of drug-likeness (QED) is 0.410. The fourth-order valence-corrected chi connectivity index (χ4v) is 4.33. The SMILES string of the molecule is CNCC(O)COc1ccc(C(=C(c2ccc3c(c2)OCO3)C2CC2)c2ccc(O)cc2)cc1. The maximum Gasteiger partial charge on any atom is 0.231 e. The first-order valence-corrected chi connectivity index (χ1v) is 11.6. The number of benzene rings is 3. The van der Waals surface area contributed by atoms with Crippen molar-refractivity contribution in [3.8, 4) is 23.0 Å². The van der Waals surface area contributed by atoms with Gasteiger partial charge in [0.15, 0.2) is 11.5 Å². The van der Waals surface area contributed by atoms with Gasteiger partial charge in [-0.15, -0.1) is 0 Å². The van der Waals surface area contributed by atoms with Crippen LogP contribution in [-0.4, -0.2) is 43.3 Å². The third kappa shape index (κ3) is 4.88. The van der Waals surface area contributed by atoms with E-state index in [-0.39, 0.29) is 19.1 Å². The molecule has 3 aromatic carbocycles. The smallest absolute Gasteiger partial charge is 0.231 e. The monoisotopic (exact) mass is 459 g/mol. The second-order valence-electron chi connectivity index (χ2n) is 8.72. The van der Waals surface area contributed by atoms with Crippen LogP contribution >= 0.6 is 0 Å². The normalized spacial score (nSPS) is 16.2. The Kier molecular flexibility index (Phi) is 6.43. The molecule has 0 aromatic heterocycles. The second kappa shape index (κ2) is 9.79. The largest absolute Gasteiger partial charge is 0.508 e. The van der Waals surface area contributed by atoms with Gasteiger partial charge in [-0.25, -0.2) is 0 Å². The van der Waals surface area contributed by atoms with Crippen LogP contribution in [0.2, 0.25) is 0 Å². The van der Waals surface area contributed by atoms with Crippen LogP contribution in [0, 0.1) is 5.92 Å². The number of aliphatic hydroxyl groups excluding tert-OH is 1. The second-order valence-corrected chi connectivity index (χ2v) is 8.72. The van der Waals surface area contributed by atoms with Gasteiger partial charge in [0.2, 0.25) is 6.79 Å². The van der Waals surface area contributed by atoms with E-state index in [2.05, 4.69) is 29.6 Å². The average molecular weight is 460 g/mol.